The molecule has 0 saturated heterocycles. The van der Waals surface area contributed by atoms with E-state index in [2.05, 4.69) is 21.2 Å². The van der Waals surface area contributed by atoms with Gasteiger partial charge in [-0.3, -0.25) is 9.36 Å². The molecule has 4 rings (SSSR count). The van der Waals surface area contributed by atoms with Crippen LogP contribution in [0.3, 0.4) is 0 Å². The highest BCUT2D eigenvalue weighted by atomic mass is 35.5. The van der Waals surface area contributed by atoms with Gasteiger partial charge in [0.15, 0.2) is 0 Å². The zero-order valence-corrected chi connectivity index (χ0v) is 16.1. The summed E-state index contributed by atoms with van der Waals surface area (Å²) in [6, 6.07) is 13.7. The first-order valence-electron chi connectivity index (χ1n) is 8.67. The van der Waals surface area contributed by atoms with Gasteiger partial charge in [0.1, 0.15) is 11.4 Å². The molecule has 0 radical (unpaired) electrons. The normalized spacial score (nSPS) is 10.7. The smallest absolute Gasteiger partial charge is 0.261 e. The summed E-state index contributed by atoms with van der Waals surface area (Å²) in [7, 11) is 1.61. The Hall–Kier alpha value is -3.82. The highest BCUT2D eigenvalue weighted by molar-refractivity contribution is 6.33. The van der Waals surface area contributed by atoms with Crippen LogP contribution < -0.4 is 10.9 Å². The molecule has 0 aliphatic carbocycles. The van der Waals surface area contributed by atoms with Gasteiger partial charge in [0.25, 0.3) is 5.56 Å². The van der Waals surface area contributed by atoms with E-state index in [1.54, 1.807) is 61.8 Å². The van der Waals surface area contributed by atoms with Crippen LogP contribution in [0.1, 0.15) is 5.56 Å². The maximum absolute atomic E-state index is 13.1. The summed E-state index contributed by atoms with van der Waals surface area (Å²) in [5, 5.41) is 13.9. The Morgan fingerprint density at radius 2 is 1.90 bits per heavy atom. The summed E-state index contributed by atoms with van der Waals surface area (Å²) >= 11 is 6.31. The molecule has 0 fully saturated rings. The van der Waals surface area contributed by atoms with E-state index in [9.17, 15) is 9.90 Å². The van der Waals surface area contributed by atoms with Gasteiger partial charge < -0.3 is 10.4 Å². The minimum absolute atomic E-state index is 0.0588. The lowest BCUT2D eigenvalue weighted by atomic mass is 9.99. The number of phenols is 1. The predicted molar refractivity (Wildman–Crippen MR) is 115 cm³/mol. The first-order chi connectivity index (χ1) is 14.0. The quantitative estimate of drug-likeness (QED) is 0.398. The summed E-state index contributed by atoms with van der Waals surface area (Å²) in [5.41, 5.74) is 1.77. The van der Waals surface area contributed by atoms with Gasteiger partial charge in [0.2, 0.25) is 5.95 Å². The molecule has 2 aromatic carbocycles. The molecule has 7 heteroatoms. The number of nitrogens with zero attached hydrogens (tertiary/aromatic N) is 3. The Kier molecular flexibility index (Phi) is 4.67. The van der Waals surface area contributed by atoms with E-state index in [0.29, 0.717) is 38.4 Å². The molecule has 0 bridgehead atoms. The number of benzene rings is 2. The molecule has 0 spiro atoms. The van der Waals surface area contributed by atoms with Gasteiger partial charge in [-0.2, -0.15) is 4.98 Å². The third-order valence-corrected chi connectivity index (χ3v) is 4.89. The molecule has 0 unspecified atom stereocenters. The summed E-state index contributed by atoms with van der Waals surface area (Å²) in [6.45, 7) is 0. The lowest BCUT2D eigenvalue weighted by Crippen LogP contribution is -2.22. The molecule has 0 saturated carbocycles. The molecule has 0 aliphatic heterocycles. The Morgan fingerprint density at radius 3 is 2.62 bits per heavy atom. The van der Waals surface area contributed by atoms with Crippen LogP contribution in [0.15, 0.2) is 59.5 Å². The molecular weight excluding hydrogens is 388 g/mol. The Balaban J connectivity index is 1.94. The van der Waals surface area contributed by atoms with E-state index in [1.165, 1.54) is 4.57 Å². The molecule has 4 aromatic rings. The highest BCUT2D eigenvalue weighted by Gasteiger charge is 2.19. The van der Waals surface area contributed by atoms with Crippen molar-refractivity contribution < 1.29 is 5.11 Å². The second-order valence-electron chi connectivity index (χ2n) is 6.31. The number of hydrogen-bond acceptors (Lipinski definition) is 5. The SMILES string of the molecule is C#Cc1c(-c2ccccc2Cl)c(=O)n(C)c2nc(Nc3ccccc3O)ncc12. The number of nitrogens with one attached hydrogen (secondary N) is 1. The number of aromatic hydroxyl groups is 1. The first kappa shape index (κ1) is 18.5. The van der Waals surface area contributed by atoms with Crippen LogP contribution in [0.5, 0.6) is 5.75 Å². The number of fused-ring (bicyclic) bond motifs is 1. The van der Waals surface area contributed by atoms with Crippen LogP contribution in [-0.4, -0.2) is 19.6 Å². The van der Waals surface area contributed by atoms with Crippen molar-refractivity contribution in [1.82, 2.24) is 14.5 Å². The van der Waals surface area contributed by atoms with Gasteiger partial charge in [-0.1, -0.05) is 47.9 Å². The lowest BCUT2D eigenvalue weighted by Gasteiger charge is -2.14. The van der Waals surface area contributed by atoms with Gasteiger partial charge >= 0.3 is 0 Å². The standard InChI is InChI=1S/C22H15ClN4O2/c1-3-13-15-12-24-22(25-17-10-6-7-11-18(17)28)26-20(15)27(2)21(29)19(13)14-8-4-5-9-16(14)23/h1,4-12,28H,2H3,(H,24,25,26). The van der Waals surface area contributed by atoms with Crippen molar-refractivity contribution in [2.75, 3.05) is 5.32 Å². The first-order valence-corrected chi connectivity index (χ1v) is 9.05. The Morgan fingerprint density at radius 1 is 1.17 bits per heavy atom. The second kappa shape index (κ2) is 7.30. The molecule has 6 nitrogen and oxygen atoms in total. The van der Waals surface area contributed by atoms with E-state index in [0.717, 1.165) is 0 Å². The van der Waals surface area contributed by atoms with Crippen molar-refractivity contribution in [2.24, 2.45) is 7.05 Å². The predicted octanol–water partition coefficient (Wildman–Crippen LogP) is 4.08. The van der Waals surface area contributed by atoms with Crippen LogP contribution in [0.4, 0.5) is 11.6 Å². The van der Waals surface area contributed by atoms with Crippen molar-refractivity contribution in [3.63, 3.8) is 0 Å². The van der Waals surface area contributed by atoms with Crippen LogP contribution in [0.2, 0.25) is 5.02 Å². The van der Waals surface area contributed by atoms with E-state index < -0.39 is 0 Å². The fraction of sp³-hybridized carbons (Fsp3) is 0.0455. The lowest BCUT2D eigenvalue weighted by molar-refractivity contribution is 0.477. The molecule has 0 amide bonds. The molecule has 2 aromatic heterocycles. The summed E-state index contributed by atoms with van der Waals surface area (Å²) in [5.74, 6) is 2.88. The van der Waals surface area contributed by atoms with E-state index in [4.69, 9.17) is 18.0 Å². The monoisotopic (exact) mass is 402 g/mol. The minimum Gasteiger partial charge on any atom is -0.506 e. The number of phenolic OH excluding ortho intramolecular Hbond substituents is 1. The molecule has 2 N–H and O–H groups in total. The average Bonchev–Trinajstić information content (AvgIpc) is 2.73. The summed E-state index contributed by atoms with van der Waals surface area (Å²) in [4.78, 5) is 21.9. The Bertz CT molecular complexity index is 1360. The van der Waals surface area contributed by atoms with Crippen molar-refractivity contribution in [3.05, 3.63) is 75.7 Å². The zero-order chi connectivity index (χ0) is 20.5. The number of hydrogen-bond donors (Lipinski definition) is 2. The van der Waals surface area contributed by atoms with Crippen LogP contribution in [0, 0.1) is 12.3 Å². The van der Waals surface area contributed by atoms with Gasteiger partial charge in [0.05, 0.1) is 22.2 Å². The van der Waals surface area contributed by atoms with Crippen LogP contribution in [-0.2, 0) is 7.05 Å². The van der Waals surface area contributed by atoms with Gasteiger partial charge in [-0.05, 0) is 18.2 Å². The number of anilines is 2. The fourth-order valence-corrected chi connectivity index (χ4v) is 3.36. The fourth-order valence-electron chi connectivity index (χ4n) is 3.13. The van der Waals surface area contributed by atoms with E-state index in [-0.39, 0.29) is 17.3 Å². The number of terminal acetylenes is 1. The second-order valence-corrected chi connectivity index (χ2v) is 6.72. The number of aromatic nitrogens is 3. The number of para-hydroxylation sites is 2. The topological polar surface area (TPSA) is 80.0 Å². The van der Waals surface area contributed by atoms with Crippen molar-refractivity contribution in [1.29, 1.82) is 0 Å². The molecule has 0 atom stereocenters. The van der Waals surface area contributed by atoms with Crippen molar-refractivity contribution in [2.45, 2.75) is 0 Å². The van der Waals surface area contributed by atoms with Gasteiger partial charge in [-0.25, -0.2) is 4.98 Å². The average molecular weight is 403 g/mol. The molecule has 0 aliphatic rings. The summed E-state index contributed by atoms with van der Waals surface area (Å²) < 4.78 is 1.41. The zero-order valence-electron chi connectivity index (χ0n) is 15.3. The highest BCUT2D eigenvalue weighted by Crippen LogP contribution is 2.31. The van der Waals surface area contributed by atoms with Gasteiger partial charge in [0, 0.05) is 23.8 Å². The number of rotatable bonds is 3. The van der Waals surface area contributed by atoms with Gasteiger partial charge in [-0.15, -0.1) is 6.42 Å². The number of pyridine rings is 1. The van der Waals surface area contributed by atoms with Crippen LogP contribution >= 0.6 is 11.6 Å². The number of aryl methyl sites for hydroxylation is 1. The molecule has 142 valence electrons. The van der Waals surface area contributed by atoms with E-state index >= 15 is 0 Å². The largest absolute Gasteiger partial charge is 0.506 e. The molecular formula is C22H15ClN4O2. The number of halogens is 1. The maximum atomic E-state index is 13.1. The molecule has 29 heavy (non-hydrogen) atoms. The maximum Gasteiger partial charge on any atom is 0.261 e. The van der Waals surface area contributed by atoms with Crippen LogP contribution in [0.25, 0.3) is 22.2 Å². The van der Waals surface area contributed by atoms with Crippen molar-refractivity contribution in [3.8, 4) is 29.2 Å². The third kappa shape index (κ3) is 3.18. The Labute approximate surface area is 171 Å². The summed E-state index contributed by atoms with van der Waals surface area (Å²) in [6.07, 6.45) is 7.31. The van der Waals surface area contributed by atoms with Crippen molar-refractivity contribution >= 4 is 34.3 Å². The third-order valence-electron chi connectivity index (χ3n) is 4.56. The van der Waals surface area contributed by atoms with E-state index in [1.807, 2.05) is 0 Å². The molecule has 2 heterocycles. The minimum atomic E-state index is -0.314.